The highest BCUT2D eigenvalue weighted by molar-refractivity contribution is 7.89. The lowest BCUT2D eigenvalue weighted by atomic mass is 9.80. The predicted octanol–water partition coefficient (Wildman–Crippen LogP) is 2.10. The van der Waals surface area contributed by atoms with Gasteiger partial charge in [0.15, 0.2) is 0 Å². The fourth-order valence-electron chi connectivity index (χ4n) is 2.81. The van der Waals surface area contributed by atoms with Crippen LogP contribution in [0.4, 0.5) is 0 Å². The highest BCUT2D eigenvalue weighted by Gasteiger charge is 2.29. The Labute approximate surface area is 136 Å². The first-order valence-corrected chi connectivity index (χ1v) is 9.10. The van der Waals surface area contributed by atoms with Crippen molar-refractivity contribution in [2.24, 2.45) is 5.92 Å². The van der Waals surface area contributed by atoms with Crippen molar-refractivity contribution in [2.45, 2.75) is 44.1 Å². The zero-order chi connectivity index (χ0) is 17.2. The van der Waals surface area contributed by atoms with E-state index < -0.39 is 16.0 Å². The average molecular weight is 341 g/mol. The predicted molar refractivity (Wildman–Crippen MR) is 86.2 cm³/mol. The average Bonchev–Trinajstić information content (AvgIpc) is 2.43. The summed E-state index contributed by atoms with van der Waals surface area (Å²) in [5, 5.41) is 9.10. The number of methoxy groups -OCH3 is 1. The Morgan fingerprint density at radius 1 is 1.35 bits per heavy atom. The quantitative estimate of drug-likeness (QED) is 0.792. The molecule has 7 heteroatoms. The standard InChI is InChI=1S/C16H23NO5S/c1-10-6-13(16(18)19)9-15(11(10)2)23(20,21)17-5-4-12-7-14(8-12)22-3/h6,9,12,14,17H,4-5,7-8H2,1-3H3,(H,18,19). The van der Waals surface area contributed by atoms with E-state index >= 15 is 0 Å². The summed E-state index contributed by atoms with van der Waals surface area (Å²) in [7, 11) is -2.03. The van der Waals surface area contributed by atoms with Crippen LogP contribution in [-0.4, -0.2) is 39.3 Å². The molecule has 128 valence electrons. The number of carboxylic acids is 1. The Morgan fingerprint density at radius 3 is 2.57 bits per heavy atom. The molecule has 0 radical (unpaired) electrons. The minimum absolute atomic E-state index is 0.0181. The molecule has 2 N–H and O–H groups in total. The van der Waals surface area contributed by atoms with Crippen LogP contribution in [-0.2, 0) is 14.8 Å². The summed E-state index contributed by atoms with van der Waals surface area (Å²) in [6.45, 7) is 3.74. The molecule has 2 rings (SSSR count). The van der Waals surface area contributed by atoms with Gasteiger partial charge in [0.05, 0.1) is 16.6 Å². The number of nitrogens with one attached hydrogen (secondary N) is 1. The van der Waals surface area contributed by atoms with E-state index in [1.54, 1.807) is 21.0 Å². The summed E-state index contributed by atoms with van der Waals surface area (Å²) in [5.74, 6) is -0.652. The van der Waals surface area contributed by atoms with Crippen LogP contribution >= 0.6 is 0 Å². The van der Waals surface area contributed by atoms with Gasteiger partial charge in [-0.3, -0.25) is 0 Å². The van der Waals surface area contributed by atoms with Crippen LogP contribution in [0.15, 0.2) is 17.0 Å². The zero-order valence-electron chi connectivity index (χ0n) is 13.6. The van der Waals surface area contributed by atoms with Crippen LogP contribution < -0.4 is 4.72 Å². The van der Waals surface area contributed by atoms with Gasteiger partial charge >= 0.3 is 5.97 Å². The third-order valence-corrected chi connectivity index (χ3v) is 6.11. The first-order valence-electron chi connectivity index (χ1n) is 7.61. The van der Waals surface area contributed by atoms with Gasteiger partial charge in [-0.05, 0) is 62.3 Å². The van der Waals surface area contributed by atoms with Gasteiger partial charge in [-0.15, -0.1) is 0 Å². The Kier molecular flexibility index (Phi) is 5.44. The molecule has 1 aromatic rings. The molecule has 0 bridgehead atoms. The molecule has 0 amide bonds. The number of benzene rings is 1. The maximum Gasteiger partial charge on any atom is 0.335 e. The Hall–Kier alpha value is -1.44. The second kappa shape index (κ2) is 6.98. The smallest absolute Gasteiger partial charge is 0.335 e. The van der Waals surface area contributed by atoms with Gasteiger partial charge in [-0.25, -0.2) is 17.9 Å². The van der Waals surface area contributed by atoms with Crippen LogP contribution in [0.2, 0.25) is 0 Å². The molecule has 0 atom stereocenters. The van der Waals surface area contributed by atoms with Gasteiger partial charge in [0.25, 0.3) is 0 Å². The second-order valence-corrected chi connectivity index (χ2v) is 7.84. The summed E-state index contributed by atoms with van der Waals surface area (Å²) in [4.78, 5) is 11.2. The topological polar surface area (TPSA) is 92.7 Å². The molecule has 6 nitrogen and oxygen atoms in total. The second-order valence-electron chi connectivity index (χ2n) is 6.10. The van der Waals surface area contributed by atoms with E-state index in [4.69, 9.17) is 9.84 Å². The molecule has 0 spiro atoms. The van der Waals surface area contributed by atoms with Crippen LogP contribution in [0.5, 0.6) is 0 Å². The minimum Gasteiger partial charge on any atom is -0.478 e. The van der Waals surface area contributed by atoms with Crippen LogP contribution in [0.1, 0.15) is 40.7 Å². The fourth-order valence-corrected chi connectivity index (χ4v) is 4.20. The van der Waals surface area contributed by atoms with Crippen molar-refractivity contribution in [3.63, 3.8) is 0 Å². The molecule has 0 aromatic heterocycles. The Balaban J connectivity index is 2.06. The number of carbonyl (C=O) groups is 1. The maximum absolute atomic E-state index is 12.5. The Morgan fingerprint density at radius 2 is 2.00 bits per heavy atom. The monoisotopic (exact) mass is 341 g/mol. The van der Waals surface area contributed by atoms with Crippen LogP contribution in [0.3, 0.4) is 0 Å². The number of sulfonamides is 1. The van der Waals surface area contributed by atoms with E-state index in [1.807, 2.05) is 0 Å². The van der Waals surface area contributed by atoms with Gasteiger partial charge in [-0.1, -0.05) is 0 Å². The van der Waals surface area contributed by atoms with Gasteiger partial charge in [0.2, 0.25) is 10.0 Å². The van der Waals surface area contributed by atoms with E-state index in [1.165, 1.54) is 12.1 Å². The summed E-state index contributed by atoms with van der Waals surface area (Å²) in [5.41, 5.74) is 1.20. The summed E-state index contributed by atoms with van der Waals surface area (Å²) < 4.78 is 32.7. The maximum atomic E-state index is 12.5. The van der Waals surface area contributed by atoms with Crippen molar-refractivity contribution >= 4 is 16.0 Å². The van der Waals surface area contributed by atoms with E-state index in [-0.39, 0.29) is 10.5 Å². The highest BCUT2D eigenvalue weighted by atomic mass is 32.2. The molecule has 1 aromatic carbocycles. The van der Waals surface area contributed by atoms with Crippen molar-refractivity contribution in [1.82, 2.24) is 4.72 Å². The fraction of sp³-hybridized carbons (Fsp3) is 0.562. The summed E-state index contributed by atoms with van der Waals surface area (Å²) >= 11 is 0. The lowest BCUT2D eigenvalue weighted by molar-refractivity contribution is -0.000910. The lowest BCUT2D eigenvalue weighted by Gasteiger charge is -2.34. The molecular formula is C16H23NO5S. The van der Waals surface area contributed by atoms with Crippen LogP contribution in [0.25, 0.3) is 0 Å². The van der Waals surface area contributed by atoms with Crippen molar-refractivity contribution in [2.75, 3.05) is 13.7 Å². The lowest BCUT2D eigenvalue weighted by Crippen LogP contribution is -2.34. The molecular weight excluding hydrogens is 318 g/mol. The first-order chi connectivity index (χ1) is 10.7. The van der Waals surface area contributed by atoms with Crippen LogP contribution in [0, 0.1) is 19.8 Å². The number of aromatic carboxylic acids is 1. The van der Waals surface area contributed by atoms with Gasteiger partial charge < -0.3 is 9.84 Å². The van der Waals surface area contributed by atoms with Crippen molar-refractivity contribution in [1.29, 1.82) is 0 Å². The molecule has 1 fully saturated rings. The van der Waals surface area contributed by atoms with E-state index in [0.717, 1.165) is 19.3 Å². The van der Waals surface area contributed by atoms with Crippen molar-refractivity contribution < 1.29 is 23.1 Å². The van der Waals surface area contributed by atoms with Crippen molar-refractivity contribution in [3.05, 3.63) is 28.8 Å². The number of hydrogen-bond acceptors (Lipinski definition) is 4. The van der Waals surface area contributed by atoms with E-state index in [9.17, 15) is 13.2 Å². The molecule has 1 aliphatic carbocycles. The SMILES string of the molecule is COC1CC(CCNS(=O)(=O)c2cc(C(=O)O)cc(C)c2C)C1. The number of carboxylic acid groups (broad SMARTS) is 1. The largest absolute Gasteiger partial charge is 0.478 e. The summed E-state index contributed by atoms with van der Waals surface area (Å²) in [6.07, 6.45) is 2.99. The molecule has 1 aliphatic rings. The molecule has 0 heterocycles. The molecule has 0 unspecified atom stereocenters. The zero-order valence-corrected chi connectivity index (χ0v) is 14.4. The minimum atomic E-state index is -3.71. The molecule has 1 saturated carbocycles. The highest BCUT2D eigenvalue weighted by Crippen LogP contribution is 2.32. The van der Waals surface area contributed by atoms with Crippen molar-refractivity contribution in [3.8, 4) is 0 Å². The number of aryl methyl sites for hydroxylation is 1. The Bertz CT molecular complexity index is 693. The first kappa shape index (κ1) is 17.9. The number of ether oxygens (including phenoxy) is 1. The number of rotatable bonds is 7. The third kappa shape index (κ3) is 4.10. The van der Waals surface area contributed by atoms with E-state index in [0.29, 0.717) is 29.7 Å². The molecule has 23 heavy (non-hydrogen) atoms. The van der Waals surface area contributed by atoms with E-state index in [2.05, 4.69) is 4.72 Å². The number of hydrogen-bond donors (Lipinski definition) is 2. The summed E-state index contributed by atoms with van der Waals surface area (Å²) in [6, 6.07) is 2.70. The van der Waals surface area contributed by atoms with Gasteiger partial charge in [0, 0.05) is 13.7 Å². The molecule has 0 aliphatic heterocycles. The molecule has 0 saturated heterocycles. The van der Waals surface area contributed by atoms with Gasteiger partial charge in [0.1, 0.15) is 0 Å². The normalized spacial score (nSPS) is 21.0. The third-order valence-electron chi connectivity index (χ3n) is 4.53. The van der Waals surface area contributed by atoms with Gasteiger partial charge in [-0.2, -0.15) is 0 Å².